The number of carbonyl (C=O) groups excluding carboxylic acids is 1. The molecule has 1 fully saturated rings. The van der Waals surface area contributed by atoms with Gasteiger partial charge in [-0.15, -0.1) is 11.3 Å². The first-order chi connectivity index (χ1) is 7.58. The molecule has 2 heterocycles. The van der Waals surface area contributed by atoms with Crippen LogP contribution < -0.4 is 4.90 Å². The van der Waals surface area contributed by atoms with E-state index in [0.717, 1.165) is 0 Å². The number of ether oxygens (including phenoxy) is 1. The number of hydrogen-bond donors (Lipinski definition) is 1. The third kappa shape index (κ3) is 2.18. The van der Waals surface area contributed by atoms with E-state index in [4.69, 9.17) is 21.4 Å². The van der Waals surface area contributed by atoms with Gasteiger partial charge in [0, 0.05) is 0 Å². The van der Waals surface area contributed by atoms with Crippen molar-refractivity contribution >= 4 is 39.8 Å². The molecule has 1 aliphatic heterocycles. The van der Waals surface area contributed by atoms with Crippen molar-refractivity contribution in [3.63, 3.8) is 0 Å². The lowest BCUT2D eigenvalue weighted by Crippen LogP contribution is -2.49. The minimum Gasteiger partial charge on any atom is -0.479 e. The summed E-state index contributed by atoms with van der Waals surface area (Å²) in [6.45, 7) is -0.197. The van der Waals surface area contributed by atoms with Gasteiger partial charge in [0.05, 0.1) is 15.9 Å². The van der Waals surface area contributed by atoms with E-state index in [2.05, 4.69) is 0 Å². The van der Waals surface area contributed by atoms with Gasteiger partial charge in [0.25, 0.3) is 5.91 Å². The van der Waals surface area contributed by atoms with Gasteiger partial charge in [-0.1, -0.05) is 11.6 Å². The number of carboxylic acid groups (broad SMARTS) is 1. The van der Waals surface area contributed by atoms with Gasteiger partial charge >= 0.3 is 5.97 Å². The summed E-state index contributed by atoms with van der Waals surface area (Å²) >= 11 is 6.99. The van der Waals surface area contributed by atoms with Crippen molar-refractivity contribution in [2.45, 2.75) is 6.10 Å². The Morgan fingerprint density at radius 2 is 2.38 bits per heavy atom. The lowest BCUT2D eigenvalue weighted by molar-refractivity contribution is -0.154. The zero-order valence-corrected chi connectivity index (χ0v) is 9.62. The van der Waals surface area contributed by atoms with Gasteiger partial charge in [0.15, 0.2) is 6.10 Å². The monoisotopic (exact) mass is 261 g/mol. The smallest absolute Gasteiger partial charge is 0.334 e. The highest BCUT2D eigenvalue weighted by Gasteiger charge is 2.32. The summed E-state index contributed by atoms with van der Waals surface area (Å²) in [4.78, 5) is 23.7. The lowest BCUT2D eigenvalue weighted by atomic mass is 10.3. The number of morpholine rings is 1. The van der Waals surface area contributed by atoms with Crippen LogP contribution in [0.5, 0.6) is 0 Å². The quantitative estimate of drug-likeness (QED) is 0.869. The Hall–Kier alpha value is -1.11. The number of amides is 1. The van der Waals surface area contributed by atoms with E-state index in [-0.39, 0.29) is 19.1 Å². The van der Waals surface area contributed by atoms with Crippen LogP contribution in [0.1, 0.15) is 0 Å². The molecule has 1 aromatic heterocycles. The van der Waals surface area contributed by atoms with Crippen LogP contribution in [0.3, 0.4) is 0 Å². The van der Waals surface area contributed by atoms with Gasteiger partial charge in [0.2, 0.25) is 0 Å². The average molecular weight is 262 g/mol. The number of aliphatic carboxylic acids is 1. The Labute approximate surface area is 100 Å². The van der Waals surface area contributed by atoms with Gasteiger partial charge in [-0.2, -0.15) is 0 Å². The molecule has 2 rings (SSSR count). The number of halogens is 1. The summed E-state index contributed by atoms with van der Waals surface area (Å²) in [6, 6.07) is 3.36. The molecule has 0 aliphatic carbocycles. The van der Waals surface area contributed by atoms with Crippen molar-refractivity contribution in [2.75, 3.05) is 18.1 Å². The maximum atomic E-state index is 11.5. The predicted octanol–water partition coefficient (Wildman–Crippen LogP) is 1.22. The van der Waals surface area contributed by atoms with Gasteiger partial charge < -0.3 is 9.84 Å². The maximum Gasteiger partial charge on any atom is 0.334 e. The van der Waals surface area contributed by atoms with E-state index in [1.165, 1.54) is 16.2 Å². The summed E-state index contributed by atoms with van der Waals surface area (Å²) in [6.07, 6.45) is -0.974. The number of anilines is 1. The number of carbonyl (C=O) groups is 2. The largest absolute Gasteiger partial charge is 0.479 e. The summed E-state index contributed by atoms with van der Waals surface area (Å²) in [5.41, 5.74) is 0. The second-order valence-electron chi connectivity index (χ2n) is 3.22. The Morgan fingerprint density at radius 3 is 2.94 bits per heavy atom. The number of nitrogens with zero attached hydrogens (tertiary/aromatic N) is 1. The Balaban J connectivity index is 2.19. The predicted molar refractivity (Wildman–Crippen MR) is 59.1 cm³/mol. The minimum absolute atomic E-state index is 0.0189. The van der Waals surface area contributed by atoms with E-state index in [1.807, 2.05) is 0 Å². The van der Waals surface area contributed by atoms with Gasteiger partial charge in [-0.05, 0) is 12.1 Å². The van der Waals surface area contributed by atoms with Crippen LogP contribution in [0.25, 0.3) is 0 Å². The highest BCUT2D eigenvalue weighted by molar-refractivity contribution is 7.20. The SMILES string of the molecule is O=C(O)C1CN(c2ccc(Cl)s2)C(=O)CO1. The summed E-state index contributed by atoms with van der Waals surface area (Å²) in [7, 11) is 0. The highest BCUT2D eigenvalue weighted by Crippen LogP contribution is 2.30. The lowest BCUT2D eigenvalue weighted by Gasteiger charge is -2.29. The second-order valence-corrected chi connectivity index (χ2v) is 4.91. The fourth-order valence-electron chi connectivity index (χ4n) is 1.38. The molecule has 1 aliphatic rings. The van der Waals surface area contributed by atoms with Crippen molar-refractivity contribution in [1.29, 1.82) is 0 Å². The molecule has 1 saturated heterocycles. The molecule has 0 bridgehead atoms. The van der Waals surface area contributed by atoms with Crippen molar-refractivity contribution in [3.05, 3.63) is 16.5 Å². The summed E-state index contributed by atoms with van der Waals surface area (Å²) in [5, 5.41) is 9.45. The van der Waals surface area contributed by atoms with Crippen molar-refractivity contribution in [3.8, 4) is 0 Å². The van der Waals surface area contributed by atoms with Gasteiger partial charge in [-0.3, -0.25) is 9.69 Å². The topological polar surface area (TPSA) is 66.8 Å². The highest BCUT2D eigenvalue weighted by atomic mass is 35.5. The standard InChI is InChI=1S/C9H8ClNO4S/c10-6-1-2-8(16-6)11-3-5(9(13)14)15-4-7(11)12/h1-2,5H,3-4H2,(H,13,14). The second kappa shape index (κ2) is 4.40. The molecule has 5 nitrogen and oxygen atoms in total. The van der Waals surface area contributed by atoms with Crippen molar-refractivity contribution in [1.82, 2.24) is 0 Å². The van der Waals surface area contributed by atoms with Crippen LogP contribution in [-0.4, -0.2) is 36.2 Å². The molecule has 1 unspecified atom stereocenters. The fraction of sp³-hybridized carbons (Fsp3) is 0.333. The summed E-state index contributed by atoms with van der Waals surface area (Å²) in [5.74, 6) is -1.32. The Bertz CT molecular complexity index is 433. The molecule has 86 valence electrons. The normalized spacial score (nSPS) is 21.2. The molecule has 7 heteroatoms. The number of carboxylic acids is 1. The molecule has 1 aromatic rings. The molecule has 0 radical (unpaired) electrons. The van der Waals surface area contributed by atoms with E-state index < -0.39 is 12.1 Å². The van der Waals surface area contributed by atoms with Gasteiger partial charge in [0.1, 0.15) is 6.61 Å². The molecule has 0 spiro atoms. The number of thiophene rings is 1. The van der Waals surface area contributed by atoms with Crippen molar-refractivity contribution < 1.29 is 19.4 Å². The Kier molecular flexibility index (Phi) is 3.13. The number of rotatable bonds is 2. The first kappa shape index (κ1) is 11.4. The third-order valence-corrected chi connectivity index (χ3v) is 3.41. The van der Waals surface area contributed by atoms with E-state index >= 15 is 0 Å². The molecule has 1 N–H and O–H groups in total. The maximum absolute atomic E-state index is 11.5. The fourth-order valence-corrected chi connectivity index (χ4v) is 2.44. The molecule has 0 aromatic carbocycles. The minimum atomic E-state index is -1.07. The van der Waals surface area contributed by atoms with Crippen LogP contribution in [0.4, 0.5) is 5.00 Å². The van der Waals surface area contributed by atoms with Crippen LogP contribution in [0.2, 0.25) is 4.34 Å². The van der Waals surface area contributed by atoms with Crippen LogP contribution in [-0.2, 0) is 14.3 Å². The number of hydrogen-bond acceptors (Lipinski definition) is 4. The van der Waals surface area contributed by atoms with Crippen molar-refractivity contribution in [2.24, 2.45) is 0 Å². The van der Waals surface area contributed by atoms with Crippen LogP contribution in [0.15, 0.2) is 12.1 Å². The Morgan fingerprint density at radius 1 is 1.62 bits per heavy atom. The van der Waals surface area contributed by atoms with E-state index in [1.54, 1.807) is 12.1 Å². The average Bonchev–Trinajstić information content (AvgIpc) is 2.65. The summed E-state index contributed by atoms with van der Waals surface area (Å²) < 4.78 is 5.45. The molecule has 0 saturated carbocycles. The zero-order chi connectivity index (χ0) is 11.7. The van der Waals surface area contributed by atoms with Gasteiger partial charge in [-0.25, -0.2) is 4.79 Å². The zero-order valence-electron chi connectivity index (χ0n) is 8.05. The van der Waals surface area contributed by atoms with E-state index in [0.29, 0.717) is 9.34 Å². The molecular formula is C9H8ClNO4S. The molecule has 16 heavy (non-hydrogen) atoms. The third-order valence-electron chi connectivity index (χ3n) is 2.16. The molecule has 1 atom stereocenters. The molecular weight excluding hydrogens is 254 g/mol. The van der Waals surface area contributed by atoms with Crippen LogP contribution >= 0.6 is 22.9 Å². The van der Waals surface area contributed by atoms with E-state index in [9.17, 15) is 9.59 Å². The first-order valence-electron chi connectivity index (χ1n) is 4.48. The first-order valence-corrected chi connectivity index (χ1v) is 5.67. The van der Waals surface area contributed by atoms with Crippen LogP contribution in [0, 0.1) is 0 Å². The molecule has 1 amide bonds.